The molecule has 4 atom stereocenters. The molecule has 2 aliphatic carbocycles. The first-order chi connectivity index (χ1) is 12.3. The Hall–Kier alpha value is -1.55. The molecule has 4 nitrogen and oxygen atoms in total. The number of aryl methyl sites for hydroxylation is 1. The van der Waals surface area contributed by atoms with Crippen molar-refractivity contribution in [3.05, 3.63) is 29.3 Å². The molecule has 26 heavy (non-hydrogen) atoms. The van der Waals surface area contributed by atoms with E-state index in [0.717, 1.165) is 31.4 Å². The van der Waals surface area contributed by atoms with E-state index in [-0.39, 0.29) is 11.8 Å². The molecule has 3 rings (SSSR count). The first-order valence-electron chi connectivity index (χ1n) is 10.0. The highest BCUT2D eigenvalue weighted by atomic mass is 16.5. The minimum atomic E-state index is -1.23. The van der Waals surface area contributed by atoms with Gasteiger partial charge < -0.3 is 15.2 Å². The minimum Gasteiger partial charge on any atom is -0.497 e. The average molecular weight is 360 g/mol. The van der Waals surface area contributed by atoms with Gasteiger partial charge in [0, 0.05) is 12.5 Å². The summed E-state index contributed by atoms with van der Waals surface area (Å²) >= 11 is 0. The van der Waals surface area contributed by atoms with Crippen LogP contribution in [0.2, 0.25) is 0 Å². The molecule has 1 amide bonds. The summed E-state index contributed by atoms with van der Waals surface area (Å²) in [6, 6.07) is 6.21. The molecule has 0 radical (unpaired) electrons. The van der Waals surface area contributed by atoms with E-state index >= 15 is 0 Å². The number of carbonyl (C=O) groups is 1. The van der Waals surface area contributed by atoms with Crippen molar-refractivity contribution < 1.29 is 14.6 Å². The van der Waals surface area contributed by atoms with Gasteiger partial charge in [-0.3, -0.25) is 4.79 Å². The number of carbonyl (C=O) groups excluding carboxylic acids is 1. The van der Waals surface area contributed by atoms with Crippen LogP contribution in [-0.2, 0) is 11.2 Å². The zero-order valence-corrected chi connectivity index (χ0v) is 16.5. The number of fused-ring (bicyclic) bond motifs is 1. The van der Waals surface area contributed by atoms with Crippen LogP contribution in [-0.4, -0.2) is 30.3 Å². The van der Waals surface area contributed by atoms with E-state index in [2.05, 4.69) is 38.2 Å². The SMILES string of the molecule is COc1ccc2c(c1)CCC2CNC(=O)C1(O)CC(C)CCC1C(C)C. The van der Waals surface area contributed by atoms with Crippen LogP contribution >= 0.6 is 0 Å². The van der Waals surface area contributed by atoms with Crippen molar-refractivity contribution in [2.45, 2.75) is 64.4 Å². The molecule has 0 spiro atoms. The highest BCUT2D eigenvalue weighted by Gasteiger charge is 2.48. The number of aliphatic hydroxyl groups is 1. The van der Waals surface area contributed by atoms with Crippen molar-refractivity contribution in [3.8, 4) is 5.75 Å². The second-order valence-electron chi connectivity index (χ2n) is 8.67. The second kappa shape index (κ2) is 7.59. The largest absolute Gasteiger partial charge is 0.497 e. The lowest BCUT2D eigenvalue weighted by Crippen LogP contribution is -2.56. The topological polar surface area (TPSA) is 58.6 Å². The van der Waals surface area contributed by atoms with Gasteiger partial charge in [0.25, 0.3) is 5.91 Å². The van der Waals surface area contributed by atoms with E-state index in [4.69, 9.17) is 4.74 Å². The molecule has 1 saturated carbocycles. The van der Waals surface area contributed by atoms with Crippen molar-refractivity contribution >= 4 is 5.91 Å². The third-order valence-electron chi connectivity index (χ3n) is 6.50. The number of methoxy groups -OCH3 is 1. The van der Waals surface area contributed by atoms with Gasteiger partial charge in [0.1, 0.15) is 11.4 Å². The van der Waals surface area contributed by atoms with Crippen LogP contribution in [0.5, 0.6) is 5.75 Å². The number of hydrogen-bond acceptors (Lipinski definition) is 3. The molecule has 1 aromatic carbocycles. The molecule has 0 aromatic heterocycles. The zero-order chi connectivity index (χ0) is 18.9. The summed E-state index contributed by atoms with van der Waals surface area (Å²) in [5, 5.41) is 14.3. The predicted molar refractivity (Wildman–Crippen MR) is 103 cm³/mol. The fourth-order valence-electron chi connectivity index (χ4n) is 5.02. The second-order valence-corrected chi connectivity index (χ2v) is 8.67. The lowest BCUT2D eigenvalue weighted by atomic mass is 9.66. The number of rotatable bonds is 5. The molecule has 1 fully saturated rings. The molecule has 0 saturated heterocycles. The van der Waals surface area contributed by atoms with Gasteiger partial charge in [0.05, 0.1) is 7.11 Å². The van der Waals surface area contributed by atoms with E-state index < -0.39 is 5.60 Å². The lowest BCUT2D eigenvalue weighted by molar-refractivity contribution is -0.155. The Balaban J connectivity index is 1.67. The third-order valence-corrected chi connectivity index (χ3v) is 6.50. The summed E-state index contributed by atoms with van der Waals surface area (Å²) in [4.78, 5) is 13.0. The Bertz CT molecular complexity index is 657. The van der Waals surface area contributed by atoms with E-state index in [9.17, 15) is 9.90 Å². The van der Waals surface area contributed by atoms with Gasteiger partial charge in [-0.25, -0.2) is 0 Å². The van der Waals surface area contributed by atoms with Crippen LogP contribution in [0.3, 0.4) is 0 Å². The molecule has 0 aliphatic heterocycles. The van der Waals surface area contributed by atoms with Crippen molar-refractivity contribution in [2.24, 2.45) is 17.8 Å². The van der Waals surface area contributed by atoms with E-state index in [1.165, 1.54) is 11.1 Å². The summed E-state index contributed by atoms with van der Waals surface area (Å²) < 4.78 is 5.31. The maximum Gasteiger partial charge on any atom is 0.252 e. The van der Waals surface area contributed by atoms with Gasteiger partial charge in [0.2, 0.25) is 0 Å². The smallest absolute Gasteiger partial charge is 0.252 e. The fourth-order valence-corrected chi connectivity index (χ4v) is 5.02. The van der Waals surface area contributed by atoms with Gasteiger partial charge in [-0.15, -0.1) is 0 Å². The Labute approximate surface area is 157 Å². The quantitative estimate of drug-likeness (QED) is 0.843. The molecule has 0 heterocycles. The summed E-state index contributed by atoms with van der Waals surface area (Å²) in [6.07, 6.45) is 4.64. The number of nitrogens with one attached hydrogen (secondary N) is 1. The molecular weight excluding hydrogens is 326 g/mol. The van der Waals surface area contributed by atoms with Crippen molar-refractivity contribution in [3.63, 3.8) is 0 Å². The minimum absolute atomic E-state index is 0.0406. The Kier molecular flexibility index (Phi) is 5.61. The van der Waals surface area contributed by atoms with E-state index in [1.54, 1.807) is 7.11 Å². The maximum atomic E-state index is 13.0. The number of amides is 1. The van der Waals surface area contributed by atoms with Gasteiger partial charge in [0.15, 0.2) is 0 Å². The van der Waals surface area contributed by atoms with E-state index in [0.29, 0.717) is 30.7 Å². The monoisotopic (exact) mass is 359 g/mol. The Morgan fingerprint density at radius 1 is 1.35 bits per heavy atom. The molecule has 0 bridgehead atoms. The zero-order valence-electron chi connectivity index (χ0n) is 16.5. The van der Waals surface area contributed by atoms with Crippen molar-refractivity contribution in [2.75, 3.05) is 13.7 Å². The first-order valence-corrected chi connectivity index (χ1v) is 10.0. The average Bonchev–Trinajstić information content (AvgIpc) is 3.01. The van der Waals surface area contributed by atoms with Crippen molar-refractivity contribution in [1.29, 1.82) is 0 Å². The molecule has 4 unspecified atom stereocenters. The summed E-state index contributed by atoms with van der Waals surface area (Å²) in [7, 11) is 1.69. The maximum absolute atomic E-state index is 13.0. The van der Waals surface area contributed by atoms with E-state index in [1.807, 2.05) is 6.07 Å². The van der Waals surface area contributed by atoms with Crippen molar-refractivity contribution in [1.82, 2.24) is 5.32 Å². The molecule has 1 aromatic rings. The molecule has 4 heteroatoms. The van der Waals surface area contributed by atoms with Gasteiger partial charge in [-0.05, 0) is 66.7 Å². The molecule has 2 aliphatic rings. The van der Waals surface area contributed by atoms with Crippen LogP contribution in [0.15, 0.2) is 18.2 Å². The number of hydrogen-bond donors (Lipinski definition) is 2. The first kappa shape index (κ1) is 19.2. The van der Waals surface area contributed by atoms with Crippen LogP contribution in [0.1, 0.15) is 63.5 Å². The highest BCUT2D eigenvalue weighted by molar-refractivity contribution is 5.85. The van der Waals surface area contributed by atoms with Crippen LogP contribution < -0.4 is 10.1 Å². The number of benzene rings is 1. The molecule has 144 valence electrons. The van der Waals surface area contributed by atoms with Gasteiger partial charge in [-0.1, -0.05) is 33.3 Å². The van der Waals surface area contributed by atoms with Gasteiger partial charge >= 0.3 is 0 Å². The summed E-state index contributed by atoms with van der Waals surface area (Å²) in [5.41, 5.74) is 1.39. The highest BCUT2D eigenvalue weighted by Crippen LogP contribution is 2.41. The van der Waals surface area contributed by atoms with Crippen LogP contribution in [0.25, 0.3) is 0 Å². The molecule has 2 N–H and O–H groups in total. The Morgan fingerprint density at radius 3 is 2.81 bits per heavy atom. The normalized spacial score (nSPS) is 30.9. The molecular formula is C22H33NO3. The summed E-state index contributed by atoms with van der Waals surface area (Å²) in [6.45, 7) is 6.95. The predicted octanol–water partition coefficient (Wildman–Crippen LogP) is 3.66. The Morgan fingerprint density at radius 2 is 2.12 bits per heavy atom. The van der Waals surface area contributed by atoms with Crippen LogP contribution in [0, 0.1) is 17.8 Å². The lowest BCUT2D eigenvalue weighted by Gasteiger charge is -2.43. The summed E-state index contributed by atoms with van der Waals surface area (Å²) in [5.74, 6) is 1.77. The van der Waals surface area contributed by atoms with Gasteiger partial charge in [-0.2, -0.15) is 0 Å². The standard InChI is InChI=1S/C22H33NO3/c1-14(2)20-10-5-15(3)12-22(20,25)21(24)23-13-17-7-6-16-11-18(26-4)8-9-19(16)17/h8-9,11,14-15,17,20,25H,5-7,10,12-13H2,1-4H3,(H,23,24). The number of ether oxygens (including phenoxy) is 1. The fraction of sp³-hybridized carbons (Fsp3) is 0.682. The van der Waals surface area contributed by atoms with Crippen LogP contribution in [0.4, 0.5) is 0 Å². The third kappa shape index (κ3) is 3.62.